The Hall–Kier alpha value is -2.18. The highest BCUT2D eigenvalue weighted by Gasteiger charge is 2.27. The van der Waals surface area contributed by atoms with Gasteiger partial charge in [0.05, 0.1) is 22.0 Å². The molecule has 23 heavy (non-hydrogen) atoms. The predicted octanol–water partition coefficient (Wildman–Crippen LogP) is 2.66. The van der Waals surface area contributed by atoms with E-state index >= 15 is 0 Å². The molecule has 0 radical (unpaired) electrons. The van der Waals surface area contributed by atoms with Crippen molar-refractivity contribution in [2.24, 2.45) is 5.73 Å². The Morgan fingerprint density at radius 2 is 2.22 bits per heavy atom. The lowest BCUT2D eigenvalue weighted by Gasteiger charge is -2.14. The van der Waals surface area contributed by atoms with E-state index in [1.807, 2.05) is 6.07 Å². The van der Waals surface area contributed by atoms with Crippen LogP contribution in [-0.2, 0) is 0 Å². The van der Waals surface area contributed by atoms with Crippen LogP contribution in [-0.4, -0.2) is 19.7 Å². The largest absolute Gasteiger partial charge is 0.322 e. The second-order valence-electron chi connectivity index (χ2n) is 5.99. The highest BCUT2D eigenvalue weighted by atomic mass is 35.5. The minimum Gasteiger partial charge on any atom is -0.322 e. The van der Waals surface area contributed by atoms with E-state index in [9.17, 15) is 4.79 Å². The zero-order chi connectivity index (χ0) is 16.1. The van der Waals surface area contributed by atoms with Crippen LogP contribution in [0, 0.1) is 0 Å². The van der Waals surface area contributed by atoms with Gasteiger partial charge in [0.25, 0.3) is 5.56 Å². The predicted molar refractivity (Wildman–Crippen MR) is 89.1 cm³/mol. The Kier molecular flexibility index (Phi) is 3.25. The first kappa shape index (κ1) is 14.4. The second kappa shape index (κ2) is 5.18. The van der Waals surface area contributed by atoms with E-state index in [0.717, 1.165) is 18.5 Å². The molecule has 1 aromatic carbocycles. The van der Waals surface area contributed by atoms with Crippen molar-refractivity contribution >= 4 is 22.5 Å². The first-order valence-electron chi connectivity index (χ1n) is 7.58. The van der Waals surface area contributed by atoms with Crippen molar-refractivity contribution in [1.29, 1.82) is 0 Å². The van der Waals surface area contributed by atoms with Crippen LogP contribution in [0.3, 0.4) is 0 Å². The molecule has 118 valence electrons. The molecule has 1 saturated carbocycles. The van der Waals surface area contributed by atoms with Crippen molar-refractivity contribution < 1.29 is 0 Å². The van der Waals surface area contributed by atoms with Gasteiger partial charge < -0.3 is 5.73 Å². The number of rotatable bonds is 3. The van der Waals surface area contributed by atoms with E-state index in [-0.39, 0.29) is 5.56 Å². The van der Waals surface area contributed by atoms with Gasteiger partial charge in [-0.1, -0.05) is 17.7 Å². The van der Waals surface area contributed by atoms with Crippen LogP contribution in [0.25, 0.3) is 16.7 Å². The Bertz CT molecular complexity index is 955. The van der Waals surface area contributed by atoms with Crippen molar-refractivity contribution in [3.8, 4) is 5.82 Å². The van der Waals surface area contributed by atoms with Gasteiger partial charge in [0.1, 0.15) is 5.82 Å². The van der Waals surface area contributed by atoms with Crippen LogP contribution in [0.15, 0.2) is 29.1 Å². The zero-order valence-electron chi connectivity index (χ0n) is 12.6. The molecule has 6 nitrogen and oxygen atoms in total. The number of fused-ring (bicyclic) bond motifs is 1. The molecule has 2 heterocycles. The molecular formula is C16H16ClN5O. The minimum atomic E-state index is -0.410. The van der Waals surface area contributed by atoms with Crippen LogP contribution in [0.2, 0.25) is 5.02 Å². The Labute approximate surface area is 137 Å². The molecule has 0 unspecified atom stereocenters. The molecule has 1 aliphatic rings. The summed E-state index contributed by atoms with van der Waals surface area (Å²) in [4.78, 5) is 17.5. The van der Waals surface area contributed by atoms with Crippen LogP contribution in [0.5, 0.6) is 0 Å². The van der Waals surface area contributed by atoms with E-state index in [1.165, 1.54) is 4.57 Å². The van der Waals surface area contributed by atoms with Crippen molar-refractivity contribution in [3.63, 3.8) is 0 Å². The fourth-order valence-electron chi connectivity index (χ4n) is 2.78. The number of hydrogen-bond acceptors (Lipinski definition) is 4. The maximum atomic E-state index is 13.0. The third-order valence-corrected chi connectivity index (χ3v) is 4.43. The standard InChI is InChI=1S/C16H16ClN5O/c1-8(18)15-19-11-4-2-3-10(17)14(11)16(23)22(15)13-7-12(20-21-13)9-5-6-9/h2-4,7-9H,5-6,18H2,1H3,(H,20,21)/t8-/m0/s1. The summed E-state index contributed by atoms with van der Waals surface area (Å²) in [5.74, 6) is 1.50. The van der Waals surface area contributed by atoms with E-state index in [4.69, 9.17) is 17.3 Å². The average Bonchev–Trinajstić information content (AvgIpc) is 3.25. The SMILES string of the molecule is C[C@H](N)c1nc2cccc(Cl)c2c(=O)n1-c1cc(C2CC2)[nH]n1. The molecule has 3 N–H and O–H groups in total. The number of halogens is 1. The lowest BCUT2D eigenvalue weighted by molar-refractivity contribution is 0.687. The first-order chi connectivity index (χ1) is 11.1. The number of aromatic amines is 1. The molecule has 0 amide bonds. The van der Waals surface area contributed by atoms with E-state index < -0.39 is 6.04 Å². The van der Waals surface area contributed by atoms with Crippen LogP contribution >= 0.6 is 11.6 Å². The molecule has 3 aromatic rings. The molecule has 1 fully saturated rings. The summed E-state index contributed by atoms with van der Waals surface area (Å²) in [6.07, 6.45) is 2.30. The molecule has 4 rings (SSSR count). The van der Waals surface area contributed by atoms with Crippen LogP contribution < -0.4 is 11.3 Å². The van der Waals surface area contributed by atoms with Gasteiger partial charge in [-0.15, -0.1) is 0 Å². The fourth-order valence-corrected chi connectivity index (χ4v) is 3.03. The molecule has 1 aliphatic carbocycles. The van der Waals surface area contributed by atoms with Gasteiger partial charge in [-0.05, 0) is 31.9 Å². The number of nitrogens with one attached hydrogen (secondary N) is 1. The van der Waals surface area contributed by atoms with Crippen molar-refractivity contribution in [2.45, 2.75) is 31.7 Å². The van der Waals surface area contributed by atoms with Gasteiger partial charge in [0.15, 0.2) is 5.82 Å². The van der Waals surface area contributed by atoms with Gasteiger partial charge in [0, 0.05) is 17.7 Å². The summed E-state index contributed by atoms with van der Waals surface area (Å²) in [6.45, 7) is 1.79. The van der Waals surface area contributed by atoms with Gasteiger partial charge in [0.2, 0.25) is 0 Å². The topological polar surface area (TPSA) is 89.6 Å². The van der Waals surface area contributed by atoms with Crippen LogP contribution in [0.1, 0.15) is 43.2 Å². The average molecular weight is 330 g/mol. The zero-order valence-corrected chi connectivity index (χ0v) is 13.3. The van der Waals surface area contributed by atoms with E-state index in [2.05, 4.69) is 15.2 Å². The summed E-state index contributed by atoms with van der Waals surface area (Å²) in [5.41, 5.74) is 7.38. The summed E-state index contributed by atoms with van der Waals surface area (Å²) >= 11 is 6.21. The molecule has 7 heteroatoms. The Morgan fingerprint density at radius 3 is 2.91 bits per heavy atom. The minimum absolute atomic E-state index is 0.248. The van der Waals surface area contributed by atoms with Gasteiger partial charge in [-0.25, -0.2) is 9.55 Å². The number of nitrogens with zero attached hydrogens (tertiary/aromatic N) is 3. The maximum Gasteiger partial charge on any atom is 0.268 e. The van der Waals surface area contributed by atoms with Gasteiger partial charge in [-0.3, -0.25) is 9.89 Å². The molecule has 0 saturated heterocycles. The fraction of sp³-hybridized carbons (Fsp3) is 0.312. The highest BCUT2D eigenvalue weighted by Crippen LogP contribution is 2.39. The monoisotopic (exact) mass is 329 g/mol. The molecule has 2 aromatic heterocycles. The Morgan fingerprint density at radius 1 is 1.43 bits per heavy atom. The number of hydrogen-bond donors (Lipinski definition) is 2. The van der Waals surface area contributed by atoms with Crippen molar-refractivity contribution in [2.75, 3.05) is 0 Å². The quantitative estimate of drug-likeness (QED) is 0.773. The smallest absolute Gasteiger partial charge is 0.268 e. The number of aromatic nitrogens is 4. The second-order valence-corrected chi connectivity index (χ2v) is 6.40. The van der Waals surface area contributed by atoms with E-state index in [1.54, 1.807) is 25.1 Å². The number of H-pyrrole nitrogens is 1. The number of nitrogens with two attached hydrogens (primary N) is 1. The molecule has 1 atom stereocenters. The molecular weight excluding hydrogens is 314 g/mol. The third-order valence-electron chi connectivity index (χ3n) is 4.11. The third kappa shape index (κ3) is 2.34. The van der Waals surface area contributed by atoms with Crippen molar-refractivity contribution in [1.82, 2.24) is 19.7 Å². The molecule has 0 aliphatic heterocycles. The van der Waals surface area contributed by atoms with Crippen LogP contribution in [0.4, 0.5) is 0 Å². The summed E-state index contributed by atoms with van der Waals surface area (Å²) in [5, 5.41) is 8.06. The molecule has 0 spiro atoms. The highest BCUT2D eigenvalue weighted by molar-refractivity contribution is 6.35. The van der Waals surface area contributed by atoms with Gasteiger partial charge >= 0.3 is 0 Å². The summed E-state index contributed by atoms with van der Waals surface area (Å²) in [7, 11) is 0. The lowest BCUT2D eigenvalue weighted by atomic mass is 10.2. The summed E-state index contributed by atoms with van der Waals surface area (Å²) < 4.78 is 1.46. The van der Waals surface area contributed by atoms with Gasteiger partial charge in [-0.2, -0.15) is 5.10 Å². The summed E-state index contributed by atoms with van der Waals surface area (Å²) in [6, 6.07) is 6.70. The first-order valence-corrected chi connectivity index (χ1v) is 7.96. The Balaban J connectivity index is 2.02. The lowest BCUT2D eigenvalue weighted by Crippen LogP contribution is -2.28. The van der Waals surface area contributed by atoms with E-state index in [0.29, 0.717) is 33.5 Å². The maximum absolute atomic E-state index is 13.0. The number of benzene rings is 1. The molecule has 0 bridgehead atoms. The van der Waals surface area contributed by atoms with Crippen molar-refractivity contribution in [3.05, 3.63) is 51.2 Å². The normalized spacial score (nSPS) is 16.0.